The van der Waals surface area contributed by atoms with E-state index in [9.17, 15) is 4.79 Å². The second kappa shape index (κ2) is 7.77. The smallest absolute Gasteiger partial charge is 0.262 e. The number of hydrogen-bond acceptors (Lipinski definition) is 3. The fourth-order valence-electron chi connectivity index (χ4n) is 2.68. The molecule has 0 spiro atoms. The summed E-state index contributed by atoms with van der Waals surface area (Å²) < 4.78 is 5.42. The molecule has 0 aliphatic carbocycles. The van der Waals surface area contributed by atoms with E-state index in [2.05, 4.69) is 10.2 Å². The van der Waals surface area contributed by atoms with Gasteiger partial charge in [0.2, 0.25) is 0 Å². The van der Waals surface area contributed by atoms with E-state index in [-0.39, 0.29) is 12.5 Å². The Labute approximate surface area is 151 Å². The standard InChI is InChI=1S/C18H18Cl2N2O2/c19-13-3-6-15(7-4-13)24-12-18(23)21-14-5-8-17(16(20)11-14)22-9-1-2-10-22/h3-8,11H,1-2,9-10,12H2,(H,21,23). The lowest BCUT2D eigenvalue weighted by molar-refractivity contribution is -0.118. The van der Waals surface area contributed by atoms with Crippen LogP contribution in [0.2, 0.25) is 10.0 Å². The molecule has 0 radical (unpaired) electrons. The number of rotatable bonds is 5. The van der Waals surface area contributed by atoms with Gasteiger partial charge in [0.1, 0.15) is 5.75 Å². The van der Waals surface area contributed by atoms with Crippen LogP contribution in [0.1, 0.15) is 12.8 Å². The molecule has 0 aromatic heterocycles. The van der Waals surface area contributed by atoms with Crippen molar-refractivity contribution >= 4 is 40.5 Å². The highest BCUT2D eigenvalue weighted by Crippen LogP contribution is 2.31. The molecule has 0 bridgehead atoms. The maximum absolute atomic E-state index is 12.0. The fraction of sp³-hybridized carbons (Fsp3) is 0.278. The van der Waals surface area contributed by atoms with Crippen molar-refractivity contribution in [1.82, 2.24) is 0 Å². The van der Waals surface area contributed by atoms with Gasteiger partial charge in [-0.1, -0.05) is 23.2 Å². The first kappa shape index (κ1) is 16.9. The maximum atomic E-state index is 12.0. The summed E-state index contributed by atoms with van der Waals surface area (Å²) in [5.74, 6) is 0.354. The molecule has 1 amide bonds. The van der Waals surface area contributed by atoms with Crippen molar-refractivity contribution in [3.05, 3.63) is 52.5 Å². The summed E-state index contributed by atoms with van der Waals surface area (Å²) in [4.78, 5) is 14.3. The second-order valence-corrected chi connectivity index (χ2v) is 6.49. The highest BCUT2D eigenvalue weighted by atomic mass is 35.5. The summed E-state index contributed by atoms with van der Waals surface area (Å²) in [7, 11) is 0. The number of ether oxygens (including phenoxy) is 1. The van der Waals surface area contributed by atoms with Crippen LogP contribution in [0.3, 0.4) is 0 Å². The van der Waals surface area contributed by atoms with Gasteiger partial charge >= 0.3 is 0 Å². The monoisotopic (exact) mass is 364 g/mol. The third kappa shape index (κ3) is 4.34. The normalized spacial score (nSPS) is 13.8. The number of halogens is 2. The first-order chi connectivity index (χ1) is 11.6. The Morgan fingerprint density at radius 3 is 2.46 bits per heavy atom. The average molecular weight is 365 g/mol. The minimum Gasteiger partial charge on any atom is -0.484 e. The molecule has 1 aliphatic heterocycles. The van der Waals surface area contributed by atoms with E-state index in [1.807, 2.05) is 12.1 Å². The van der Waals surface area contributed by atoms with E-state index in [1.165, 1.54) is 12.8 Å². The first-order valence-corrected chi connectivity index (χ1v) is 8.60. The first-order valence-electron chi connectivity index (χ1n) is 7.84. The molecule has 126 valence electrons. The van der Waals surface area contributed by atoms with Crippen LogP contribution in [-0.2, 0) is 4.79 Å². The van der Waals surface area contributed by atoms with Gasteiger partial charge in [0.05, 0.1) is 10.7 Å². The molecule has 3 rings (SSSR count). The zero-order chi connectivity index (χ0) is 16.9. The summed E-state index contributed by atoms with van der Waals surface area (Å²) in [5.41, 5.74) is 1.68. The number of amides is 1. The number of nitrogens with zero attached hydrogens (tertiary/aromatic N) is 1. The third-order valence-electron chi connectivity index (χ3n) is 3.86. The van der Waals surface area contributed by atoms with Gasteiger partial charge in [0.25, 0.3) is 5.91 Å². The van der Waals surface area contributed by atoms with Gasteiger partial charge in [0.15, 0.2) is 6.61 Å². The van der Waals surface area contributed by atoms with E-state index in [0.29, 0.717) is 21.5 Å². The van der Waals surface area contributed by atoms with Crippen molar-refractivity contribution in [3.63, 3.8) is 0 Å². The van der Waals surface area contributed by atoms with Crippen LogP contribution in [-0.4, -0.2) is 25.6 Å². The quantitative estimate of drug-likeness (QED) is 0.841. The minimum absolute atomic E-state index is 0.0763. The Hall–Kier alpha value is -1.91. The highest BCUT2D eigenvalue weighted by Gasteiger charge is 2.15. The van der Waals surface area contributed by atoms with Crippen LogP contribution >= 0.6 is 23.2 Å². The van der Waals surface area contributed by atoms with Crippen LogP contribution in [0.15, 0.2) is 42.5 Å². The zero-order valence-corrected chi connectivity index (χ0v) is 14.6. The fourth-order valence-corrected chi connectivity index (χ4v) is 3.10. The van der Waals surface area contributed by atoms with Crippen LogP contribution in [0, 0.1) is 0 Å². The molecule has 6 heteroatoms. The Morgan fingerprint density at radius 2 is 1.79 bits per heavy atom. The van der Waals surface area contributed by atoms with Crippen molar-refractivity contribution < 1.29 is 9.53 Å². The predicted octanol–water partition coefficient (Wildman–Crippen LogP) is 4.61. The summed E-state index contributed by atoms with van der Waals surface area (Å²) in [6.45, 7) is 1.98. The molecular formula is C18H18Cl2N2O2. The van der Waals surface area contributed by atoms with Crippen LogP contribution in [0.25, 0.3) is 0 Å². The number of carbonyl (C=O) groups excluding carboxylic acids is 1. The molecule has 1 heterocycles. The third-order valence-corrected chi connectivity index (χ3v) is 4.42. The molecule has 0 unspecified atom stereocenters. The number of carbonyl (C=O) groups is 1. The molecule has 1 N–H and O–H groups in total. The molecule has 4 nitrogen and oxygen atoms in total. The van der Waals surface area contributed by atoms with Crippen LogP contribution in [0.5, 0.6) is 5.75 Å². The Kier molecular flexibility index (Phi) is 5.48. The molecule has 2 aromatic rings. The van der Waals surface area contributed by atoms with E-state index in [0.717, 1.165) is 18.8 Å². The van der Waals surface area contributed by atoms with Gasteiger partial charge in [-0.2, -0.15) is 0 Å². The Bertz CT molecular complexity index is 713. The minimum atomic E-state index is -0.241. The zero-order valence-electron chi connectivity index (χ0n) is 13.1. The largest absolute Gasteiger partial charge is 0.484 e. The molecular weight excluding hydrogens is 347 g/mol. The van der Waals surface area contributed by atoms with E-state index >= 15 is 0 Å². The number of nitrogens with one attached hydrogen (secondary N) is 1. The number of benzene rings is 2. The summed E-state index contributed by atoms with van der Waals surface area (Å²) in [6, 6.07) is 12.4. The summed E-state index contributed by atoms with van der Waals surface area (Å²) in [6.07, 6.45) is 2.38. The molecule has 24 heavy (non-hydrogen) atoms. The highest BCUT2D eigenvalue weighted by molar-refractivity contribution is 6.33. The van der Waals surface area contributed by atoms with Crippen molar-refractivity contribution in [3.8, 4) is 5.75 Å². The van der Waals surface area contributed by atoms with Gasteiger partial charge < -0.3 is 15.0 Å². The van der Waals surface area contributed by atoms with Gasteiger partial charge in [0, 0.05) is 23.8 Å². The van der Waals surface area contributed by atoms with E-state index in [1.54, 1.807) is 30.3 Å². The molecule has 1 aliphatic rings. The molecule has 1 saturated heterocycles. The molecule has 1 fully saturated rings. The topological polar surface area (TPSA) is 41.6 Å². The van der Waals surface area contributed by atoms with E-state index < -0.39 is 0 Å². The van der Waals surface area contributed by atoms with E-state index in [4.69, 9.17) is 27.9 Å². The van der Waals surface area contributed by atoms with Gasteiger partial charge in [-0.05, 0) is 55.3 Å². The predicted molar refractivity (Wildman–Crippen MR) is 98.5 cm³/mol. The molecule has 2 aromatic carbocycles. The molecule has 0 atom stereocenters. The van der Waals surface area contributed by atoms with Crippen molar-refractivity contribution in [2.75, 3.05) is 29.9 Å². The maximum Gasteiger partial charge on any atom is 0.262 e. The van der Waals surface area contributed by atoms with Gasteiger partial charge in [-0.15, -0.1) is 0 Å². The second-order valence-electron chi connectivity index (χ2n) is 5.65. The van der Waals surface area contributed by atoms with Crippen molar-refractivity contribution in [2.45, 2.75) is 12.8 Å². The number of anilines is 2. The van der Waals surface area contributed by atoms with Crippen LogP contribution in [0.4, 0.5) is 11.4 Å². The number of hydrogen-bond donors (Lipinski definition) is 1. The lowest BCUT2D eigenvalue weighted by Crippen LogP contribution is -2.21. The van der Waals surface area contributed by atoms with Crippen molar-refractivity contribution in [1.29, 1.82) is 0 Å². The van der Waals surface area contributed by atoms with Crippen LogP contribution < -0.4 is 15.0 Å². The Balaban J connectivity index is 1.56. The summed E-state index contributed by atoms with van der Waals surface area (Å²) >= 11 is 12.1. The van der Waals surface area contributed by atoms with Gasteiger partial charge in [-0.3, -0.25) is 4.79 Å². The SMILES string of the molecule is O=C(COc1ccc(Cl)cc1)Nc1ccc(N2CCCC2)c(Cl)c1. The molecule has 0 saturated carbocycles. The van der Waals surface area contributed by atoms with Crippen molar-refractivity contribution in [2.24, 2.45) is 0 Å². The summed E-state index contributed by atoms with van der Waals surface area (Å²) in [5, 5.41) is 4.06. The average Bonchev–Trinajstić information content (AvgIpc) is 3.09. The Morgan fingerprint density at radius 1 is 1.08 bits per heavy atom. The lowest BCUT2D eigenvalue weighted by Gasteiger charge is -2.19. The lowest BCUT2D eigenvalue weighted by atomic mass is 10.2. The van der Waals surface area contributed by atoms with Gasteiger partial charge in [-0.25, -0.2) is 0 Å².